The molecule has 0 atom stereocenters. The molecule has 3 rings (SSSR count). The molecule has 0 aliphatic rings. The normalized spacial score (nSPS) is 11.3. The number of benzene rings is 2. The second kappa shape index (κ2) is 6.67. The Balaban J connectivity index is 2.02. The van der Waals surface area contributed by atoms with E-state index in [0.29, 0.717) is 24.2 Å². The molecule has 4 nitrogen and oxygen atoms in total. The van der Waals surface area contributed by atoms with E-state index in [1.165, 1.54) is 6.07 Å². The SMILES string of the molecule is Cc1cc(=O)oc2c(CN(C)Cc3ccccc3)c(O)c(Cl)cc12. The summed E-state index contributed by atoms with van der Waals surface area (Å²) >= 11 is 6.16. The van der Waals surface area contributed by atoms with Crippen LogP contribution in [0.15, 0.2) is 51.7 Å². The summed E-state index contributed by atoms with van der Waals surface area (Å²) in [7, 11) is 1.94. The maximum atomic E-state index is 11.7. The zero-order valence-electron chi connectivity index (χ0n) is 13.5. The Morgan fingerprint density at radius 2 is 1.88 bits per heavy atom. The average Bonchev–Trinajstić information content (AvgIpc) is 2.54. The lowest BCUT2D eigenvalue weighted by molar-refractivity contribution is 0.312. The quantitative estimate of drug-likeness (QED) is 0.725. The minimum Gasteiger partial charge on any atom is -0.506 e. The highest BCUT2D eigenvalue weighted by Crippen LogP contribution is 2.36. The van der Waals surface area contributed by atoms with E-state index in [1.54, 1.807) is 6.07 Å². The third-order valence-corrected chi connectivity index (χ3v) is 4.28. The Morgan fingerprint density at radius 3 is 2.58 bits per heavy atom. The van der Waals surface area contributed by atoms with Crippen LogP contribution in [0.5, 0.6) is 5.75 Å². The van der Waals surface area contributed by atoms with Crippen LogP contribution in [-0.2, 0) is 13.1 Å². The molecule has 0 spiro atoms. The minimum atomic E-state index is -0.436. The third kappa shape index (κ3) is 3.30. The summed E-state index contributed by atoms with van der Waals surface area (Å²) in [6.45, 7) is 2.93. The first-order chi connectivity index (χ1) is 11.5. The standard InChI is InChI=1S/C19H18ClNO3/c1-12-8-17(22)24-19-14(12)9-16(20)18(23)15(19)11-21(2)10-13-6-4-3-5-7-13/h3-9,23H,10-11H2,1-2H3. The first-order valence-corrected chi connectivity index (χ1v) is 8.01. The van der Waals surface area contributed by atoms with Crippen LogP contribution >= 0.6 is 11.6 Å². The van der Waals surface area contributed by atoms with Crippen molar-refractivity contribution in [1.29, 1.82) is 0 Å². The molecular formula is C19H18ClNO3. The highest BCUT2D eigenvalue weighted by molar-refractivity contribution is 6.33. The minimum absolute atomic E-state index is 0.0437. The molecule has 0 saturated carbocycles. The number of phenolic OH excluding ortho intramolecular Hbond substituents is 1. The summed E-state index contributed by atoms with van der Waals surface area (Å²) in [5.74, 6) is -0.0437. The molecule has 0 aliphatic heterocycles. The summed E-state index contributed by atoms with van der Waals surface area (Å²) in [4.78, 5) is 13.8. The molecule has 124 valence electrons. The number of phenols is 1. The van der Waals surface area contributed by atoms with Gasteiger partial charge in [-0.15, -0.1) is 0 Å². The number of nitrogens with zero attached hydrogens (tertiary/aromatic N) is 1. The van der Waals surface area contributed by atoms with Crippen LogP contribution in [0.4, 0.5) is 0 Å². The van der Waals surface area contributed by atoms with Crippen LogP contribution < -0.4 is 5.63 Å². The zero-order chi connectivity index (χ0) is 17.3. The Kier molecular flexibility index (Phi) is 4.60. The van der Waals surface area contributed by atoms with Crippen LogP contribution in [0, 0.1) is 6.92 Å². The number of aryl methyl sites for hydroxylation is 1. The van der Waals surface area contributed by atoms with E-state index in [0.717, 1.165) is 16.5 Å². The van der Waals surface area contributed by atoms with E-state index in [-0.39, 0.29) is 10.8 Å². The predicted octanol–water partition coefficient (Wildman–Crippen LogP) is 4.09. The largest absolute Gasteiger partial charge is 0.506 e. The van der Waals surface area contributed by atoms with Crippen molar-refractivity contribution in [2.24, 2.45) is 0 Å². The van der Waals surface area contributed by atoms with Gasteiger partial charge in [-0.25, -0.2) is 4.79 Å². The molecule has 24 heavy (non-hydrogen) atoms. The summed E-state index contributed by atoms with van der Waals surface area (Å²) in [5, 5.41) is 11.4. The molecule has 1 N–H and O–H groups in total. The van der Waals surface area contributed by atoms with Gasteiger partial charge in [-0.1, -0.05) is 41.9 Å². The van der Waals surface area contributed by atoms with Crippen molar-refractivity contribution in [2.75, 3.05) is 7.05 Å². The predicted molar refractivity (Wildman–Crippen MR) is 95.5 cm³/mol. The topological polar surface area (TPSA) is 53.7 Å². The van der Waals surface area contributed by atoms with Gasteiger partial charge >= 0.3 is 5.63 Å². The van der Waals surface area contributed by atoms with Crippen molar-refractivity contribution in [2.45, 2.75) is 20.0 Å². The number of rotatable bonds is 4. The summed E-state index contributed by atoms with van der Waals surface area (Å²) in [6.07, 6.45) is 0. The monoisotopic (exact) mass is 343 g/mol. The second-order valence-corrected chi connectivity index (χ2v) is 6.38. The van der Waals surface area contributed by atoms with Crippen LogP contribution in [0.25, 0.3) is 11.0 Å². The first kappa shape index (κ1) is 16.6. The Labute approximate surface area is 144 Å². The van der Waals surface area contributed by atoms with Crippen LogP contribution in [-0.4, -0.2) is 17.1 Å². The number of halogens is 1. The maximum absolute atomic E-state index is 11.7. The fourth-order valence-electron chi connectivity index (χ4n) is 2.84. The maximum Gasteiger partial charge on any atom is 0.336 e. The molecule has 1 aromatic heterocycles. The number of hydrogen-bond acceptors (Lipinski definition) is 4. The van der Waals surface area contributed by atoms with Crippen molar-refractivity contribution < 1.29 is 9.52 Å². The van der Waals surface area contributed by atoms with E-state index >= 15 is 0 Å². The van der Waals surface area contributed by atoms with Gasteiger partial charge in [-0.3, -0.25) is 4.90 Å². The summed E-state index contributed by atoms with van der Waals surface area (Å²) < 4.78 is 5.36. The van der Waals surface area contributed by atoms with Crippen molar-refractivity contribution in [3.05, 3.63) is 74.6 Å². The molecule has 5 heteroatoms. The van der Waals surface area contributed by atoms with Crippen molar-refractivity contribution >= 4 is 22.6 Å². The van der Waals surface area contributed by atoms with E-state index in [1.807, 2.05) is 49.2 Å². The first-order valence-electron chi connectivity index (χ1n) is 7.63. The molecular weight excluding hydrogens is 326 g/mol. The van der Waals surface area contributed by atoms with Gasteiger partial charge in [-0.2, -0.15) is 0 Å². The Hall–Kier alpha value is -2.30. The lowest BCUT2D eigenvalue weighted by Gasteiger charge is -2.19. The number of fused-ring (bicyclic) bond motifs is 1. The van der Waals surface area contributed by atoms with Gasteiger partial charge in [0.15, 0.2) is 0 Å². The van der Waals surface area contributed by atoms with Crippen molar-refractivity contribution in [3.8, 4) is 5.75 Å². The molecule has 0 saturated heterocycles. The zero-order valence-corrected chi connectivity index (χ0v) is 14.3. The van der Waals surface area contributed by atoms with E-state index in [9.17, 15) is 9.90 Å². The van der Waals surface area contributed by atoms with Crippen LogP contribution in [0.1, 0.15) is 16.7 Å². The number of aromatic hydroxyl groups is 1. The molecule has 0 bridgehead atoms. The van der Waals surface area contributed by atoms with Crippen molar-refractivity contribution in [3.63, 3.8) is 0 Å². The highest BCUT2D eigenvalue weighted by atomic mass is 35.5. The summed E-state index contributed by atoms with van der Waals surface area (Å²) in [5.41, 5.74) is 2.41. The van der Waals surface area contributed by atoms with Gasteiger partial charge in [0, 0.05) is 24.5 Å². The lowest BCUT2D eigenvalue weighted by Crippen LogP contribution is -2.18. The molecule has 2 aromatic carbocycles. The van der Waals surface area contributed by atoms with Gasteiger partial charge in [0.1, 0.15) is 11.3 Å². The van der Waals surface area contributed by atoms with Crippen LogP contribution in [0.3, 0.4) is 0 Å². The Bertz CT molecular complexity index is 935. The van der Waals surface area contributed by atoms with Gasteiger partial charge in [0.05, 0.1) is 10.6 Å². The second-order valence-electron chi connectivity index (χ2n) is 5.97. The molecule has 0 aliphatic carbocycles. The fourth-order valence-corrected chi connectivity index (χ4v) is 3.06. The van der Waals surface area contributed by atoms with E-state index in [2.05, 4.69) is 0 Å². The van der Waals surface area contributed by atoms with Gasteiger partial charge in [-0.05, 0) is 31.2 Å². The molecule has 0 fully saturated rings. The average molecular weight is 344 g/mol. The molecule has 0 amide bonds. The smallest absolute Gasteiger partial charge is 0.336 e. The molecule has 0 radical (unpaired) electrons. The Morgan fingerprint density at radius 1 is 1.17 bits per heavy atom. The van der Waals surface area contributed by atoms with Gasteiger partial charge in [0.25, 0.3) is 0 Å². The van der Waals surface area contributed by atoms with E-state index < -0.39 is 5.63 Å². The van der Waals surface area contributed by atoms with Crippen molar-refractivity contribution in [1.82, 2.24) is 4.90 Å². The van der Waals surface area contributed by atoms with Crippen LogP contribution in [0.2, 0.25) is 5.02 Å². The van der Waals surface area contributed by atoms with Gasteiger partial charge in [0.2, 0.25) is 0 Å². The number of hydrogen-bond donors (Lipinski definition) is 1. The highest BCUT2D eigenvalue weighted by Gasteiger charge is 2.17. The molecule has 1 heterocycles. The van der Waals surface area contributed by atoms with Gasteiger partial charge < -0.3 is 9.52 Å². The lowest BCUT2D eigenvalue weighted by atomic mass is 10.1. The fraction of sp³-hybridized carbons (Fsp3) is 0.211. The third-order valence-electron chi connectivity index (χ3n) is 3.99. The molecule has 0 unspecified atom stereocenters. The molecule has 3 aromatic rings. The van der Waals surface area contributed by atoms with E-state index in [4.69, 9.17) is 16.0 Å². The summed E-state index contributed by atoms with van der Waals surface area (Å²) in [6, 6.07) is 13.1.